The number of carbonyl (C=O) groups is 2. The van der Waals surface area contributed by atoms with Crippen molar-refractivity contribution in [1.29, 1.82) is 0 Å². The Kier molecular flexibility index (Phi) is 6.57. The molecule has 1 aromatic heterocycles. The number of nitrogens with one attached hydrogen (secondary N) is 1. The Morgan fingerprint density at radius 3 is 2.17 bits per heavy atom. The topological polar surface area (TPSA) is 78.4 Å². The molecule has 1 N–H and O–H groups in total. The van der Waals surface area contributed by atoms with Gasteiger partial charge in [0, 0.05) is 37.8 Å². The van der Waals surface area contributed by atoms with Crippen LogP contribution >= 0.6 is 0 Å². The minimum Gasteiger partial charge on any atom is -0.355 e. The van der Waals surface area contributed by atoms with E-state index in [9.17, 15) is 9.59 Å². The van der Waals surface area contributed by atoms with E-state index in [-0.39, 0.29) is 17.5 Å². The molecule has 0 aliphatic carbocycles. The largest absolute Gasteiger partial charge is 0.355 e. The van der Waals surface area contributed by atoms with Gasteiger partial charge in [0.2, 0.25) is 5.91 Å². The lowest BCUT2D eigenvalue weighted by molar-refractivity contribution is -0.136. The summed E-state index contributed by atoms with van der Waals surface area (Å²) in [6.07, 6.45) is 6.41. The van der Waals surface area contributed by atoms with Gasteiger partial charge in [-0.15, -0.1) is 10.2 Å². The number of para-hydroxylation sites is 1. The molecule has 2 aromatic rings. The van der Waals surface area contributed by atoms with Crippen LogP contribution in [0.3, 0.4) is 0 Å². The SMILES string of the molecule is O=C(Nc1ccccc1)c1ccc(N2CCC(C(=O)N3CCCCCC3)CC2)nn1. The van der Waals surface area contributed by atoms with Crippen LogP contribution in [0.1, 0.15) is 49.0 Å². The van der Waals surface area contributed by atoms with Crippen molar-refractivity contribution >= 4 is 23.3 Å². The van der Waals surface area contributed by atoms with Crippen molar-refractivity contribution in [2.45, 2.75) is 38.5 Å². The number of benzene rings is 1. The number of likely N-dealkylation sites (tertiary alicyclic amines) is 1. The summed E-state index contributed by atoms with van der Waals surface area (Å²) in [7, 11) is 0. The van der Waals surface area contributed by atoms with Crippen LogP contribution in [0.15, 0.2) is 42.5 Å². The third-order valence-corrected chi connectivity index (χ3v) is 6.00. The molecule has 7 nitrogen and oxygen atoms in total. The standard InChI is InChI=1S/C23H29N5O2/c29-22(24-19-8-4-3-5-9-19)20-10-11-21(26-25-20)27-16-12-18(13-17-27)23(30)28-14-6-1-2-7-15-28/h3-5,8-11,18H,1-2,6-7,12-17H2,(H,24,29). The molecule has 1 aromatic carbocycles. The van der Waals surface area contributed by atoms with Gasteiger partial charge in [0.25, 0.3) is 5.91 Å². The van der Waals surface area contributed by atoms with E-state index in [2.05, 4.69) is 25.3 Å². The molecule has 3 heterocycles. The van der Waals surface area contributed by atoms with Gasteiger partial charge >= 0.3 is 0 Å². The Balaban J connectivity index is 1.30. The normalized spacial score (nSPS) is 18.0. The first-order valence-electron chi connectivity index (χ1n) is 10.9. The zero-order valence-corrected chi connectivity index (χ0v) is 17.3. The van der Waals surface area contributed by atoms with Crippen LogP contribution in [0.4, 0.5) is 11.5 Å². The number of aromatic nitrogens is 2. The predicted molar refractivity (Wildman–Crippen MR) is 116 cm³/mol. The molecule has 30 heavy (non-hydrogen) atoms. The molecule has 4 rings (SSSR count). The van der Waals surface area contributed by atoms with Crippen molar-refractivity contribution in [3.63, 3.8) is 0 Å². The van der Waals surface area contributed by atoms with Crippen molar-refractivity contribution in [3.05, 3.63) is 48.2 Å². The lowest BCUT2D eigenvalue weighted by atomic mass is 9.95. The van der Waals surface area contributed by atoms with E-state index in [1.54, 1.807) is 6.07 Å². The number of anilines is 2. The maximum Gasteiger partial charge on any atom is 0.276 e. The maximum absolute atomic E-state index is 12.9. The van der Waals surface area contributed by atoms with Gasteiger partial charge in [-0.05, 0) is 49.9 Å². The maximum atomic E-state index is 12.9. The fraction of sp³-hybridized carbons (Fsp3) is 0.478. The number of nitrogens with zero attached hydrogens (tertiary/aromatic N) is 4. The molecule has 2 aliphatic heterocycles. The van der Waals surface area contributed by atoms with Crippen molar-refractivity contribution in [2.24, 2.45) is 5.92 Å². The van der Waals surface area contributed by atoms with Gasteiger partial charge in [0.15, 0.2) is 11.5 Å². The molecule has 0 saturated carbocycles. The minimum absolute atomic E-state index is 0.114. The molecule has 0 atom stereocenters. The molecule has 0 unspecified atom stereocenters. The second-order valence-electron chi connectivity index (χ2n) is 8.10. The number of carbonyl (C=O) groups excluding carboxylic acids is 2. The highest BCUT2D eigenvalue weighted by molar-refractivity contribution is 6.02. The van der Waals surface area contributed by atoms with Gasteiger partial charge in [0.1, 0.15) is 0 Å². The Bertz CT molecular complexity index is 840. The molecule has 7 heteroatoms. The van der Waals surface area contributed by atoms with E-state index in [1.165, 1.54) is 12.8 Å². The zero-order chi connectivity index (χ0) is 20.8. The van der Waals surface area contributed by atoms with E-state index >= 15 is 0 Å². The first kappa shape index (κ1) is 20.3. The molecule has 158 valence electrons. The number of hydrogen-bond donors (Lipinski definition) is 1. The molecular formula is C23H29N5O2. The fourth-order valence-corrected chi connectivity index (χ4v) is 4.24. The van der Waals surface area contributed by atoms with Crippen molar-refractivity contribution in [2.75, 3.05) is 36.4 Å². The fourth-order valence-electron chi connectivity index (χ4n) is 4.24. The van der Waals surface area contributed by atoms with Crippen LogP contribution in [-0.4, -0.2) is 53.1 Å². The zero-order valence-electron chi connectivity index (χ0n) is 17.3. The van der Waals surface area contributed by atoms with Gasteiger partial charge in [-0.1, -0.05) is 31.0 Å². The van der Waals surface area contributed by atoms with Gasteiger partial charge in [-0.3, -0.25) is 9.59 Å². The average Bonchev–Trinajstić information content (AvgIpc) is 3.09. The minimum atomic E-state index is -0.276. The average molecular weight is 408 g/mol. The summed E-state index contributed by atoms with van der Waals surface area (Å²) in [5.41, 5.74) is 1.01. The Morgan fingerprint density at radius 1 is 0.833 bits per heavy atom. The number of piperidine rings is 1. The van der Waals surface area contributed by atoms with Crippen LogP contribution in [0.25, 0.3) is 0 Å². The number of amides is 2. The first-order chi connectivity index (χ1) is 14.7. The van der Waals surface area contributed by atoms with Crippen LogP contribution < -0.4 is 10.2 Å². The van der Waals surface area contributed by atoms with Crippen LogP contribution in [-0.2, 0) is 4.79 Å². The molecule has 2 saturated heterocycles. The highest BCUT2D eigenvalue weighted by Crippen LogP contribution is 2.24. The smallest absolute Gasteiger partial charge is 0.276 e. The molecule has 2 amide bonds. The summed E-state index contributed by atoms with van der Waals surface area (Å²) < 4.78 is 0. The van der Waals surface area contributed by atoms with Crippen molar-refractivity contribution in [1.82, 2.24) is 15.1 Å². The predicted octanol–water partition coefficient (Wildman–Crippen LogP) is 3.35. The summed E-state index contributed by atoms with van der Waals surface area (Å²) in [5, 5.41) is 11.2. The monoisotopic (exact) mass is 407 g/mol. The molecule has 2 fully saturated rings. The van der Waals surface area contributed by atoms with E-state index < -0.39 is 0 Å². The second-order valence-corrected chi connectivity index (χ2v) is 8.10. The Labute approximate surface area is 177 Å². The number of hydrogen-bond acceptors (Lipinski definition) is 5. The van der Waals surface area contributed by atoms with Gasteiger partial charge in [0.05, 0.1) is 0 Å². The lowest BCUT2D eigenvalue weighted by Crippen LogP contribution is -2.43. The highest BCUT2D eigenvalue weighted by atomic mass is 16.2. The molecule has 0 spiro atoms. The quantitative estimate of drug-likeness (QED) is 0.841. The van der Waals surface area contributed by atoms with Crippen LogP contribution in [0.5, 0.6) is 0 Å². The summed E-state index contributed by atoms with van der Waals surface area (Å²) in [6, 6.07) is 12.8. The van der Waals surface area contributed by atoms with Crippen molar-refractivity contribution in [3.8, 4) is 0 Å². The van der Waals surface area contributed by atoms with Gasteiger partial charge in [-0.25, -0.2) is 0 Å². The third-order valence-electron chi connectivity index (χ3n) is 6.00. The Hall–Kier alpha value is -2.96. The summed E-state index contributed by atoms with van der Waals surface area (Å²) in [4.78, 5) is 29.4. The van der Waals surface area contributed by atoms with Crippen LogP contribution in [0, 0.1) is 5.92 Å². The number of rotatable bonds is 4. The van der Waals surface area contributed by atoms with Crippen molar-refractivity contribution < 1.29 is 9.59 Å². The lowest BCUT2D eigenvalue weighted by Gasteiger charge is -2.34. The van der Waals surface area contributed by atoms with Crippen LogP contribution in [0.2, 0.25) is 0 Å². The summed E-state index contributed by atoms with van der Waals surface area (Å²) in [6.45, 7) is 3.40. The van der Waals surface area contributed by atoms with E-state index in [0.29, 0.717) is 5.91 Å². The molecule has 0 bridgehead atoms. The second kappa shape index (κ2) is 9.69. The van der Waals surface area contributed by atoms with E-state index in [0.717, 1.165) is 63.4 Å². The van der Waals surface area contributed by atoms with Gasteiger partial charge < -0.3 is 15.1 Å². The summed E-state index contributed by atoms with van der Waals surface area (Å²) >= 11 is 0. The van der Waals surface area contributed by atoms with E-state index in [1.807, 2.05) is 36.4 Å². The molecule has 0 radical (unpaired) electrons. The Morgan fingerprint density at radius 2 is 1.53 bits per heavy atom. The molecule has 2 aliphatic rings. The highest BCUT2D eigenvalue weighted by Gasteiger charge is 2.29. The van der Waals surface area contributed by atoms with Gasteiger partial charge in [-0.2, -0.15) is 0 Å². The molecular weight excluding hydrogens is 378 g/mol. The first-order valence-corrected chi connectivity index (χ1v) is 10.9. The summed E-state index contributed by atoms with van der Waals surface area (Å²) in [5.74, 6) is 0.924. The van der Waals surface area contributed by atoms with E-state index in [4.69, 9.17) is 0 Å². The third kappa shape index (κ3) is 4.96.